The van der Waals surface area contributed by atoms with Gasteiger partial charge in [-0.25, -0.2) is 14.2 Å². The molecule has 0 aromatic carbocycles. The monoisotopic (exact) mass is 1450 g/mol. The second-order valence-electron chi connectivity index (χ2n) is 25.9. The number of hydrogen-bond acceptors (Lipinski definition) is 31. The number of amides is 5. The summed E-state index contributed by atoms with van der Waals surface area (Å²) in [6, 6.07) is -3.88. The van der Waals surface area contributed by atoms with Crippen LogP contribution in [0.4, 0.5) is 4.79 Å². The standard InChI is InChI=1S/C60H107N6O32P/c1-7-8-9-10-11-12-13-14-15-16-17-18-19-20-21-22-23-66(6)24-25-86-34(53(80)81)28-88-99(84,85)98-58-48(49(97-59(63)82)60(5,83)50(96-58)52(62)79)95-55-36(65-31(4)69)39(72)46(33(91-55)27-87-56-43(76)40(73)37(70)32(26-67)90-56)93-54-35(64-30(3)68)38(71)45(29(2)89-54)92-57-44(77)41(74)42(75)47(94-57)51(61)78/h29,32-50,54-58,67,70-77,83H,7-28H2,1-6H3,(H2,61,78)(H2,62,79)(H2,63,82)(H,64,68)(H,65,69)(H,80,81)(H,84,85)/t29-,32-,33-,34-,35-,36-,37-,38-,39-,40+,41+,42-,43-,44-,45-,46-,47+,48-,49-,50-,54+,55+,56-,57-,58-,60+/m1/s1. The summed E-state index contributed by atoms with van der Waals surface area (Å²) in [7, 11) is -3.98. The smallest absolute Gasteiger partial charge is 0.474 e. The van der Waals surface area contributed by atoms with E-state index in [1.165, 1.54) is 84.0 Å². The Balaban J connectivity index is 1.36. The summed E-state index contributed by atoms with van der Waals surface area (Å²) in [4.78, 5) is 89.5. The number of likely N-dealkylation sites (N-methyl/N-ethyl adjacent to an activating group) is 1. The molecule has 5 amide bonds. The van der Waals surface area contributed by atoms with Crippen LogP contribution in [-0.4, -0.2) is 307 Å². The number of phosphoric acid groups is 1. The highest BCUT2D eigenvalue weighted by molar-refractivity contribution is 7.47. The van der Waals surface area contributed by atoms with Crippen molar-refractivity contribution in [3.05, 3.63) is 0 Å². The predicted octanol–water partition coefficient (Wildman–Crippen LogP) is -4.33. The zero-order chi connectivity index (χ0) is 73.6. The van der Waals surface area contributed by atoms with Gasteiger partial charge in [-0.3, -0.25) is 28.2 Å². The number of carboxylic acid groups (broad SMARTS) is 1. The summed E-state index contributed by atoms with van der Waals surface area (Å²) in [5.74, 6) is -6.33. The van der Waals surface area contributed by atoms with Crippen LogP contribution in [0, 0.1) is 0 Å². The number of rotatable bonds is 42. The Morgan fingerprint density at radius 3 is 1.61 bits per heavy atom. The minimum atomic E-state index is -5.79. The lowest BCUT2D eigenvalue weighted by Crippen LogP contribution is -2.72. The normalized spacial score (nSPS) is 36.7. The van der Waals surface area contributed by atoms with Gasteiger partial charge in [0.1, 0.15) is 90.9 Å². The average molecular weight is 1460 g/mol. The fourth-order valence-electron chi connectivity index (χ4n) is 12.3. The largest absolute Gasteiger partial charge is 0.479 e. The second-order valence-corrected chi connectivity index (χ2v) is 27.3. The van der Waals surface area contributed by atoms with Crippen molar-refractivity contribution < 1.29 is 156 Å². The third-order valence-electron chi connectivity index (χ3n) is 17.8. The fraction of sp³-hybridized carbons (Fsp3) is 0.900. The number of hydrogen-bond donors (Lipinski definition) is 17. The van der Waals surface area contributed by atoms with Gasteiger partial charge in [0.05, 0.1) is 32.5 Å². The van der Waals surface area contributed by atoms with Gasteiger partial charge in [0.15, 0.2) is 62.0 Å². The third kappa shape index (κ3) is 25.1. The van der Waals surface area contributed by atoms with Crippen molar-refractivity contribution in [2.24, 2.45) is 17.2 Å². The zero-order valence-corrected chi connectivity index (χ0v) is 57.5. The molecule has 5 heterocycles. The molecule has 5 aliphatic heterocycles. The van der Waals surface area contributed by atoms with Gasteiger partial charge in [0.2, 0.25) is 23.6 Å². The van der Waals surface area contributed by atoms with Gasteiger partial charge in [-0.2, -0.15) is 0 Å². The van der Waals surface area contributed by atoms with Gasteiger partial charge in [0, 0.05) is 20.4 Å². The summed E-state index contributed by atoms with van der Waals surface area (Å²) in [5, 5.41) is 125. The topological polar surface area (TPSA) is 588 Å². The lowest BCUT2D eigenvalue weighted by Gasteiger charge is -2.52. The number of ether oxygens (including phenoxy) is 11. The van der Waals surface area contributed by atoms with Crippen LogP contribution in [0.1, 0.15) is 137 Å². The Morgan fingerprint density at radius 2 is 1.09 bits per heavy atom. The number of phosphoric ester groups is 1. The van der Waals surface area contributed by atoms with E-state index in [0.717, 1.165) is 46.5 Å². The van der Waals surface area contributed by atoms with Crippen LogP contribution < -0.4 is 27.8 Å². The van der Waals surface area contributed by atoms with Crippen molar-refractivity contribution in [3.8, 4) is 0 Å². The molecule has 5 saturated heterocycles. The number of carbonyl (C=O) groups is 6. The lowest BCUT2D eigenvalue weighted by molar-refractivity contribution is -0.375. The molecule has 5 rings (SSSR count). The molecular formula is C60H107N6O32P. The Labute approximate surface area is 573 Å². The van der Waals surface area contributed by atoms with Crippen molar-refractivity contribution >= 4 is 43.5 Å². The molecule has 39 heteroatoms. The van der Waals surface area contributed by atoms with E-state index in [-0.39, 0.29) is 13.2 Å². The van der Waals surface area contributed by atoms with Crippen molar-refractivity contribution in [1.82, 2.24) is 15.5 Å². The van der Waals surface area contributed by atoms with Crippen molar-refractivity contribution in [2.75, 3.05) is 46.6 Å². The number of nitrogens with one attached hydrogen (secondary N) is 2. The minimum absolute atomic E-state index is 0.193. The number of carbonyl (C=O) groups excluding carboxylic acids is 5. The molecule has 574 valence electrons. The number of nitrogens with zero attached hydrogens (tertiary/aromatic N) is 1. The van der Waals surface area contributed by atoms with Gasteiger partial charge < -0.3 is 146 Å². The maximum absolute atomic E-state index is 14.0. The quantitative estimate of drug-likeness (QED) is 0.0203. The van der Waals surface area contributed by atoms with E-state index in [9.17, 15) is 94.4 Å². The highest BCUT2D eigenvalue weighted by Gasteiger charge is 2.62. The second kappa shape index (κ2) is 40.8. The molecule has 27 atom stereocenters. The molecule has 5 aliphatic rings. The fourth-order valence-corrected chi connectivity index (χ4v) is 13.1. The van der Waals surface area contributed by atoms with E-state index in [2.05, 4.69) is 17.6 Å². The number of aliphatic carboxylic acids is 1. The molecule has 99 heavy (non-hydrogen) atoms. The van der Waals surface area contributed by atoms with Crippen LogP contribution in [0.15, 0.2) is 0 Å². The van der Waals surface area contributed by atoms with Gasteiger partial charge in [-0.05, 0) is 33.9 Å². The van der Waals surface area contributed by atoms with Crippen LogP contribution in [-0.2, 0) is 89.7 Å². The highest BCUT2D eigenvalue weighted by atomic mass is 31.2. The summed E-state index contributed by atoms with van der Waals surface area (Å²) in [5.41, 5.74) is 13.5. The van der Waals surface area contributed by atoms with Crippen molar-refractivity contribution in [1.29, 1.82) is 0 Å². The third-order valence-corrected chi connectivity index (χ3v) is 18.7. The molecule has 0 aliphatic carbocycles. The zero-order valence-electron chi connectivity index (χ0n) is 56.6. The van der Waals surface area contributed by atoms with E-state index in [0.29, 0.717) is 6.54 Å². The first kappa shape index (κ1) is 85.5. The predicted molar refractivity (Wildman–Crippen MR) is 335 cm³/mol. The average Bonchev–Trinajstić information content (AvgIpc) is 0.753. The van der Waals surface area contributed by atoms with E-state index >= 15 is 0 Å². The van der Waals surface area contributed by atoms with Crippen molar-refractivity contribution in [3.63, 3.8) is 0 Å². The summed E-state index contributed by atoms with van der Waals surface area (Å²) in [6.07, 6.45) is -29.9. The molecule has 0 spiro atoms. The molecule has 0 bridgehead atoms. The van der Waals surface area contributed by atoms with Gasteiger partial charge in [0.25, 0.3) is 0 Å². The first-order chi connectivity index (χ1) is 46.6. The number of primary amides is 3. The minimum Gasteiger partial charge on any atom is -0.479 e. The molecule has 0 saturated carbocycles. The molecule has 5 fully saturated rings. The maximum Gasteiger partial charge on any atom is 0.474 e. The van der Waals surface area contributed by atoms with E-state index < -0.39 is 222 Å². The molecule has 38 nitrogen and oxygen atoms in total. The number of aliphatic hydroxyl groups excluding tert-OH is 9. The number of nitrogens with two attached hydrogens (primary N) is 3. The van der Waals surface area contributed by atoms with E-state index in [1.54, 1.807) is 7.05 Å². The Bertz CT molecular complexity index is 2560. The number of aliphatic hydroxyl groups is 10. The van der Waals surface area contributed by atoms with Gasteiger partial charge in [-0.15, -0.1) is 0 Å². The molecule has 0 aromatic rings. The van der Waals surface area contributed by atoms with Crippen LogP contribution in [0.5, 0.6) is 0 Å². The number of carboxylic acids is 1. The van der Waals surface area contributed by atoms with Crippen molar-refractivity contribution in [2.45, 2.75) is 296 Å². The molecule has 0 radical (unpaired) electrons. The SMILES string of the molecule is CCCCCCCCCCCCCCCCCCN(C)CCO[C@H](COP(=O)(O)O[C@H]1O[C@H](C(N)=O)[C@@](C)(O)[C@H](OC(N)=O)[C@H]1O[C@@H]1O[C@H](CO[C@@H]2O[C@H](CO)[C@@H](O)[C@H](O)[C@H]2O)[C@@H](O[C@@H]2O[C@H](C)[C@@H](O[C@@H]3O[C@H](C(N)=O)[C@H](O)[C@H](O)[C@H]3O)[C@H](O)[C@H]2NC(C)=O)[C@H](O)[C@H]1NC(C)=O)C(=O)O. The van der Waals surface area contributed by atoms with Crippen LogP contribution in [0.2, 0.25) is 0 Å². The van der Waals surface area contributed by atoms with Gasteiger partial charge >= 0.3 is 19.9 Å². The van der Waals surface area contributed by atoms with Crippen LogP contribution in [0.25, 0.3) is 0 Å². The molecule has 20 N–H and O–H groups in total. The van der Waals surface area contributed by atoms with E-state index in [1.807, 2.05) is 4.90 Å². The Hall–Kier alpha value is -4.11. The van der Waals surface area contributed by atoms with E-state index in [4.69, 9.17) is 78.4 Å². The molecular weight excluding hydrogens is 1350 g/mol. The first-order valence-corrected chi connectivity index (χ1v) is 35.1. The summed E-state index contributed by atoms with van der Waals surface area (Å²) in [6.45, 7) is 3.72. The Kier molecular flexibility index (Phi) is 35.3. The Morgan fingerprint density at radius 1 is 0.596 bits per heavy atom. The summed E-state index contributed by atoms with van der Waals surface area (Å²) < 4.78 is 88.2. The van der Waals surface area contributed by atoms with Gasteiger partial charge in [-0.1, -0.05) is 103 Å². The molecule has 0 aromatic heterocycles. The first-order valence-electron chi connectivity index (χ1n) is 33.6. The summed E-state index contributed by atoms with van der Waals surface area (Å²) >= 11 is 0. The molecule has 1 unspecified atom stereocenters. The number of unbranched alkanes of at least 4 members (excludes halogenated alkanes) is 15. The lowest BCUT2D eigenvalue weighted by atomic mass is 9.85. The highest BCUT2D eigenvalue weighted by Crippen LogP contribution is 2.49. The van der Waals surface area contributed by atoms with Crippen LogP contribution >= 0.6 is 7.82 Å². The maximum atomic E-state index is 14.0. The van der Waals surface area contributed by atoms with Crippen LogP contribution in [0.3, 0.4) is 0 Å².